The highest BCUT2D eigenvalue weighted by molar-refractivity contribution is 6.30. The van der Waals surface area contributed by atoms with E-state index in [0.29, 0.717) is 10.6 Å². The van der Waals surface area contributed by atoms with Crippen molar-refractivity contribution in [3.8, 4) is 5.75 Å². The first-order valence-electron chi connectivity index (χ1n) is 5.86. The van der Waals surface area contributed by atoms with Crippen LogP contribution in [0, 0.1) is 10.1 Å². The standard InChI is InChI=1S/C15H12ClNO3/c1-20-14-7-3-11(4-8-14)2-5-12-10-13(16)6-9-15(12)17(18)19/h2-10H,1H3/b5-2+. The van der Waals surface area contributed by atoms with E-state index in [2.05, 4.69) is 0 Å². The molecular weight excluding hydrogens is 278 g/mol. The molecule has 0 fully saturated rings. The second-order valence-electron chi connectivity index (χ2n) is 4.07. The van der Waals surface area contributed by atoms with E-state index in [1.165, 1.54) is 12.1 Å². The maximum absolute atomic E-state index is 10.9. The van der Waals surface area contributed by atoms with Crippen molar-refractivity contribution in [3.05, 3.63) is 68.7 Å². The fraction of sp³-hybridized carbons (Fsp3) is 0.0667. The minimum Gasteiger partial charge on any atom is -0.497 e. The minimum atomic E-state index is -0.427. The van der Waals surface area contributed by atoms with Gasteiger partial charge in [0.25, 0.3) is 5.69 Å². The number of ether oxygens (including phenoxy) is 1. The third-order valence-corrected chi connectivity index (χ3v) is 2.99. The summed E-state index contributed by atoms with van der Waals surface area (Å²) in [6.45, 7) is 0. The second kappa shape index (κ2) is 6.21. The van der Waals surface area contributed by atoms with Gasteiger partial charge in [-0.2, -0.15) is 0 Å². The third-order valence-electron chi connectivity index (χ3n) is 2.76. The van der Waals surface area contributed by atoms with E-state index in [9.17, 15) is 10.1 Å². The zero-order chi connectivity index (χ0) is 14.5. The summed E-state index contributed by atoms with van der Waals surface area (Å²) in [7, 11) is 1.60. The molecule has 0 N–H and O–H groups in total. The second-order valence-corrected chi connectivity index (χ2v) is 4.50. The van der Waals surface area contributed by atoms with Crippen LogP contribution < -0.4 is 4.74 Å². The molecule has 0 aliphatic carbocycles. The van der Waals surface area contributed by atoms with Crippen LogP contribution in [0.5, 0.6) is 5.75 Å². The quantitative estimate of drug-likeness (QED) is 0.475. The lowest BCUT2D eigenvalue weighted by atomic mass is 10.1. The normalized spacial score (nSPS) is 10.7. The highest BCUT2D eigenvalue weighted by Crippen LogP contribution is 2.25. The topological polar surface area (TPSA) is 52.4 Å². The molecule has 0 bridgehead atoms. The van der Waals surface area contributed by atoms with Crippen LogP contribution >= 0.6 is 11.6 Å². The molecule has 0 saturated carbocycles. The Labute approximate surface area is 121 Å². The number of benzene rings is 2. The average molecular weight is 290 g/mol. The van der Waals surface area contributed by atoms with Crippen molar-refractivity contribution in [2.45, 2.75) is 0 Å². The number of halogens is 1. The number of rotatable bonds is 4. The van der Waals surface area contributed by atoms with Crippen LogP contribution in [-0.4, -0.2) is 12.0 Å². The maximum Gasteiger partial charge on any atom is 0.276 e. The number of hydrogen-bond donors (Lipinski definition) is 0. The molecule has 2 aromatic carbocycles. The van der Waals surface area contributed by atoms with Crippen molar-refractivity contribution in [3.63, 3.8) is 0 Å². The smallest absolute Gasteiger partial charge is 0.276 e. The number of methoxy groups -OCH3 is 1. The first kappa shape index (κ1) is 14.1. The van der Waals surface area contributed by atoms with Gasteiger partial charge in [0, 0.05) is 11.1 Å². The zero-order valence-corrected chi connectivity index (χ0v) is 11.5. The molecule has 0 unspecified atom stereocenters. The van der Waals surface area contributed by atoms with Gasteiger partial charge in [-0.15, -0.1) is 0 Å². The van der Waals surface area contributed by atoms with Gasteiger partial charge in [0.2, 0.25) is 0 Å². The third kappa shape index (κ3) is 3.36. The molecule has 0 heterocycles. The van der Waals surface area contributed by atoms with Crippen molar-refractivity contribution in [1.29, 1.82) is 0 Å². The van der Waals surface area contributed by atoms with E-state index < -0.39 is 4.92 Å². The van der Waals surface area contributed by atoms with Crippen LogP contribution in [0.25, 0.3) is 12.2 Å². The summed E-state index contributed by atoms with van der Waals surface area (Å²) in [6.07, 6.45) is 3.46. The highest BCUT2D eigenvalue weighted by Gasteiger charge is 2.11. The van der Waals surface area contributed by atoms with Gasteiger partial charge < -0.3 is 4.74 Å². The van der Waals surface area contributed by atoms with Crippen molar-refractivity contribution >= 4 is 29.4 Å². The Morgan fingerprint density at radius 3 is 2.45 bits per heavy atom. The molecular formula is C15H12ClNO3. The summed E-state index contributed by atoms with van der Waals surface area (Å²) in [5.74, 6) is 0.760. The summed E-state index contributed by atoms with van der Waals surface area (Å²) in [6, 6.07) is 11.9. The molecule has 0 aliphatic rings. The highest BCUT2D eigenvalue weighted by atomic mass is 35.5. The number of hydrogen-bond acceptors (Lipinski definition) is 3. The summed E-state index contributed by atoms with van der Waals surface area (Å²) in [5, 5.41) is 11.4. The molecule has 5 heteroatoms. The Hall–Kier alpha value is -2.33. The van der Waals surface area contributed by atoms with Gasteiger partial charge in [0.15, 0.2) is 0 Å². The Morgan fingerprint density at radius 1 is 1.15 bits per heavy atom. The number of nitrogens with zero attached hydrogens (tertiary/aromatic N) is 1. The van der Waals surface area contributed by atoms with Crippen LogP contribution in [0.1, 0.15) is 11.1 Å². The van der Waals surface area contributed by atoms with Gasteiger partial charge in [0.05, 0.1) is 17.6 Å². The van der Waals surface area contributed by atoms with E-state index in [0.717, 1.165) is 11.3 Å². The lowest BCUT2D eigenvalue weighted by molar-refractivity contribution is -0.385. The van der Waals surface area contributed by atoms with Gasteiger partial charge in [0.1, 0.15) is 5.75 Å². The lowest BCUT2D eigenvalue weighted by Gasteiger charge is -2.00. The predicted molar refractivity (Wildman–Crippen MR) is 80.0 cm³/mol. The molecule has 0 radical (unpaired) electrons. The van der Waals surface area contributed by atoms with E-state index >= 15 is 0 Å². The number of nitro groups is 1. The van der Waals surface area contributed by atoms with Gasteiger partial charge in [-0.3, -0.25) is 10.1 Å². The summed E-state index contributed by atoms with van der Waals surface area (Å²) < 4.78 is 5.07. The molecule has 0 spiro atoms. The Balaban J connectivity index is 2.30. The van der Waals surface area contributed by atoms with E-state index in [-0.39, 0.29) is 5.69 Å². The SMILES string of the molecule is COc1ccc(/C=C/c2cc(Cl)ccc2[N+](=O)[O-])cc1. The van der Waals surface area contributed by atoms with Crippen molar-refractivity contribution in [2.75, 3.05) is 7.11 Å². The molecule has 0 atom stereocenters. The zero-order valence-electron chi connectivity index (χ0n) is 10.7. The largest absolute Gasteiger partial charge is 0.497 e. The fourth-order valence-corrected chi connectivity index (χ4v) is 1.91. The molecule has 2 rings (SSSR count). The summed E-state index contributed by atoms with van der Waals surface area (Å²) in [4.78, 5) is 10.5. The molecule has 0 aromatic heterocycles. The Bertz CT molecular complexity index is 651. The van der Waals surface area contributed by atoms with Crippen molar-refractivity contribution in [2.24, 2.45) is 0 Å². The van der Waals surface area contributed by atoms with E-state index in [4.69, 9.17) is 16.3 Å². The van der Waals surface area contributed by atoms with Gasteiger partial charge in [-0.25, -0.2) is 0 Å². The average Bonchev–Trinajstić information content (AvgIpc) is 2.45. The lowest BCUT2D eigenvalue weighted by Crippen LogP contribution is -1.90. The molecule has 0 saturated heterocycles. The van der Waals surface area contributed by atoms with E-state index in [1.807, 2.05) is 24.3 Å². The summed E-state index contributed by atoms with van der Waals surface area (Å²) in [5.41, 5.74) is 1.41. The monoisotopic (exact) mass is 289 g/mol. The Morgan fingerprint density at radius 2 is 1.85 bits per heavy atom. The first-order chi connectivity index (χ1) is 9.60. The molecule has 102 valence electrons. The van der Waals surface area contributed by atoms with Crippen LogP contribution in [0.15, 0.2) is 42.5 Å². The maximum atomic E-state index is 10.9. The van der Waals surface area contributed by atoms with Crippen molar-refractivity contribution in [1.82, 2.24) is 0 Å². The van der Waals surface area contributed by atoms with E-state index in [1.54, 1.807) is 25.3 Å². The molecule has 2 aromatic rings. The molecule has 20 heavy (non-hydrogen) atoms. The van der Waals surface area contributed by atoms with Gasteiger partial charge >= 0.3 is 0 Å². The van der Waals surface area contributed by atoms with Gasteiger partial charge in [-0.1, -0.05) is 29.8 Å². The van der Waals surface area contributed by atoms with Crippen LogP contribution in [-0.2, 0) is 0 Å². The fourth-order valence-electron chi connectivity index (χ4n) is 1.73. The predicted octanol–water partition coefficient (Wildman–Crippen LogP) is 4.43. The van der Waals surface area contributed by atoms with Gasteiger partial charge in [-0.05, 0) is 35.9 Å². The molecule has 4 nitrogen and oxygen atoms in total. The minimum absolute atomic E-state index is 0.0270. The first-order valence-corrected chi connectivity index (χ1v) is 6.24. The molecule has 0 aliphatic heterocycles. The molecule has 0 amide bonds. The number of nitro benzene ring substituents is 1. The Kier molecular flexibility index (Phi) is 4.38. The van der Waals surface area contributed by atoms with Crippen molar-refractivity contribution < 1.29 is 9.66 Å². The van der Waals surface area contributed by atoms with Crippen LogP contribution in [0.3, 0.4) is 0 Å². The van der Waals surface area contributed by atoms with Crippen LogP contribution in [0.2, 0.25) is 5.02 Å². The summed E-state index contributed by atoms with van der Waals surface area (Å²) >= 11 is 5.87. The van der Waals surface area contributed by atoms with Crippen LogP contribution in [0.4, 0.5) is 5.69 Å².